The van der Waals surface area contributed by atoms with Gasteiger partial charge in [0.25, 0.3) is 0 Å². The summed E-state index contributed by atoms with van der Waals surface area (Å²) in [5.41, 5.74) is 1.06. The lowest BCUT2D eigenvalue weighted by Gasteiger charge is -2.18. The van der Waals surface area contributed by atoms with Crippen molar-refractivity contribution in [2.24, 2.45) is 0 Å². The first-order valence-electron chi connectivity index (χ1n) is 12.6. The van der Waals surface area contributed by atoms with Crippen molar-refractivity contribution in [1.29, 1.82) is 0 Å². The van der Waals surface area contributed by atoms with E-state index in [1.54, 1.807) is 0 Å². The molecule has 0 spiro atoms. The molecule has 270 valence electrons. The zero-order valence-corrected chi connectivity index (χ0v) is 27.3. The van der Waals surface area contributed by atoms with Gasteiger partial charge in [-0.25, -0.2) is 28.8 Å². The van der Waals surface area contributed by atoms with E-state index in [0.29, 0.717) is 0 Å². The van der Waals surface area contributed by atoms with Crippen LogP contribution in [0.15, 0.2) is 72.9 Å². The number of carboxylic acid groups (broad SMARTS) is 6. The van der Waals surface area contributed by atoms with Gasteiger partial charge in [-0.05, 0) is 41.5 Å². The van der Waals surface area contributed by atoms with Gasteiger partial charge in [0.15, 0.2) is 0 Å². The molecule has 0 aromatic heterocycles. The summed E-state index contributed by atoms with van der Waals surface area (Å²) in [6, 6.07) is 0. The maximum absolute atomic E-state index is 9.60. The van der Waals surface area contributed by atoms with Gasteiger partial charge in [-0.3, -0.25) is 0 Å². The fraction of sp³-hybridized carbons (Fsp3) is 0.400. The van der Waals surface area contributed by atoms with Crippen molar-refractivity contribution in [3.63, 3.8) is 0 Å². The van der Waals surface area contributed by atoms with Crippen LogP contribution in [0.1, 0.15) is 41.5 Å². The molecule has 1 aliphatic heterocycles. The molecule has 1 saturated heterocycles. The van der Waals surface area contributed by atoms with Gasteiger partial charge in [0.05, 0.1) is 13.2 Å². The second kappa shape index (κ2) is 31.1. The summed E-state index contributed by atoms with van der Waals surface area (Å²) in [6.45, 7) is 27.1. The number of aliphatic hydroxyl groups is 4. The summed E-state index contributed by atoms with van der Waals surface area (Å²) in [5.74, 6) is -5.61. The van der Waals surface area contributed by atoms with Gasteiger partial charge in [0.1, 0.15) is 24.4 Å². The largest absolute Gasteiger partial charge is 0.478 e. The van der Waals surface area contributed by atoms with E-state index < -0.39 is 66.8 Å². The molecule has 0 aromatic rings. The maximum Gasteiger partial charge on any atom is 0.330 e. The number of aliphatic carboxylic acids is 6. The van der Waals surface area contributed by atoms with E-state index in [4.69, 9.17) is 55.8 Å². The van der Waals surface area contributed by atoms with Crippen molar-refractivity contribution < 1.29 is 84.6 Å². The number of carbonyl (C=O) groups is 6. The van der Waals surface area contributed by atoms with Crippen LogP contribution in [0.2, 0.25) is 0 Å². The minimum Gasteiger partial charge on any atom is -0.478 e. The van der Waals surface area contributed by atoms with Crippen LogP contribution < -0.4 is 0 Å². The molecule has 17 heteroatoms. The third-order valence-corrected chi connectivity index (χ3v) is 3.95. The van der Waals surface area contributed by atoms with Crippen molar-refractivity contribution in [1.82, 2.24) is 0 Å². The Morgan fingerprint density at radius 3 is 0.809 bits per heavy atom. The lowest BCUT2D eigenvalue weighted by atomic mass is 10.1. The molecule has 0 aromatic carbocycles. The van der Waals surface area contributed by atoms with Crippen LogP contribution in [-0.4, -0.2) is 125 Å². The quantitative estimate of drug-likeness (QED) is 0.162. The lowest BCUT2D eigenvalue weighted by molar-refractivity contribution is -0.133. The monoisotopic (exact) mass is 680 g/mol. The normalized spacial score (nSPS) is 15.3. The summed E-state index contributed by atoms with van der Waals surface area (Å²) in [5, 5.41) is 82.9. The van der Waals surface area contributed by atoms with Crippen molar-refractivity contribution >= 4 is 35.8 Å². The number of aliphatic hydroxyl groups excluding tert-OH is 4. The molecule has 0 saturated carbocycles. The minimum atomic E-state index is -1.12. The molecular weight excluding hydrogens is 632 g/mol. The summed E-state index contributed by atoms with van der Waals surface area (Å²) < 4.78 is 4.82. The highest BCUT2D eigenvalue weighted by molar-refractivity contribution is 5.86. The minimum absolute atomic E-state index is 0.00287. The Morgan fingerprint density at radius 2 is 0.723 bits per heavy atom. The van der Waals surface area contributed by atoms with Crippen LogP contribution in [-0.2, 0) is 33.5 Å². The van der Waals surface area contributed by atoms with Crippen LogP contribution in [0, 0.1) is 0 Å². The smallest absolute Gasteiger partial charge is 0.330 e. The van der Waals surface area contributed by atoms with E-state index in [2.05, 4.69) is 39.5 Å². The summed E-state index contributed by atoms with van der Waals surface area (Å²) in [4.78, 5) is 57.6. The maximum atomic E-state index is 9.60. The van der Waals surface area contributed by atoms with Gasteiger partial charge in [-0.2, -0.15) is 0 Å². The highest BCUT2D eigenvalue weighted by Gasteiger charge is 2.38. The average Bonchev–Trinajstić information content (AvgIpc) is 3.27. The van der Waals surface area contributed by atoms with Gasteiger partial charge in [0.2, 0.25) is 0 Å². The second-order valence-electron chi connectivity index (χ2n) is 9.12. The van der Waals surface area contributed by atoms with Crippen molar-refractivity contribution in [3.8, 4) is 0 Å². The molecule has 0 aliphatic carbocycles. The Labute approximate surface area is 272 Å². The molecule has 1 rings (SSSR count). The fourth-order valence-corrected chi connectivity index (χ4v) is 1.07. The average molecular weight is 681 g/mol. The second-order valence-corrected chi connectivity index (χ2v) is 9.12. The zero-order valence-electron chi connectivity index (χ0n) is 27.3. The molecule has 10 N–H and O–H groups in total. The van der Waals surface area contributed by atoms with Crippen molar-refractivity contribution in [3.05, 3.63) is 72.9 Å². The molecule has 1 aliphatic rings. The van der Waals surface area contributed by atoms with Crippen LogP contribution in [0.3, 0.4) is 0 Å². The Balaban J connectivity index is -0.000000106. The first-order valence-corrected chi connectivity index (χ1v) is 12.6. The molecule has 0 radical (unpaired) electrons. The Morgan fingerprint density at radius 1 is 0.553 bits per heavy atom. The SMILES string of the molecule is C=C(C)C(=O)O.C=C(C)C(=O)O.C=C(C)C(=O)O.C=C(C)C(=O)O.C=C(C)C(=O)O.C=C(C)C(=O)O.OC[C@@H](O)[C@H]1OC[C@H](O)[C@H]1O. The molecule has 17 nitrogen and oxygen atoms in total. The van der Waals surface area contributed by atoms with E-state index in [1.165, 1.54) is 41.5 Å². The molecule has 0 bridgehead atoms. The van der Waals surface area contributed by atoms with Gasteiger partial charge in [0, 0.05) is 33.4 Å². The van der Waals surface area contributed by atoms with Crippen LogP contribution in [0.25, 0.3) is 0 Å². The third-order valence-electron chi connectivity index (χ3n) is 3.95. The molecule has 0 unspecified atom stereocenters. The van der Waals surface area contributed by atoms with Gasteiger partial charge in [-0.1, -0.05) is 39.5 Å². The first-order chi connectivity index (χ1) is 21.0. The van der Waals surface area contributed by atoms with E-state index in [0.717, 1.165) is 0 Å². The van der Waals surface area contributed by atoms with Crippen molar-refractivity contribution in [2.75, 3.05) is 13.2 Å². The molecule has 47 heavy (non-hydrogen) atoms. The Hall–Kier alpha value is -4.94. The van der Waals surface area contributed by atoms with E-state index >= 15 is 0 Å². The predicted molar refractivity (Wildman–Crippen MR) is 170 cm³/mol. The van der Waals surface area contributed by atoms with E-state index in [1.807, 2.05) is 0 Å². The number of hydrogen-bond donors (Lipinski definition) is 10. The van der Waals surface area contributed by atoms with Crippen LogP contribution >= 0.6 is 0 Å². The topological polar surface area (TPSA) is 314 Å². The summed E-state index contributed by atoms with van der Waals surface area (Å²) in [6.07, 6.45) is -4.05. The first kappa shape index (κ1) is 54.5. The Bertz CT molecular complexity index is 859. The van der Waals surface area contributed by atoms with Crippen LogP contribution in [0.4, 0.5) is 0 Å². The molecule has 1 fully saturated rings. The molecular formula is C30H48O17. The van der Waals surface area contributed by atoms with Gasteiger partial charge < -0.3 is 55.8 Å². The summed E-state index contributed by atoms with van der Waals surface area (Å²) >= 11 is 0. The molecule has 1 heterocycles. The Kier molecular flexibility index (Phi) is 36.0. The van der Waals surface area contributed by atoms with E-state index in [9.17, 15) is 28.8 Å². The number of carboxylic acids is 6. The number of hydrogen-bond acceptors (Lipinski definition) is 11. The predicted octanol–water partition coefficient (Wildman–Crippen LogP) is 1.34. The summed E-state index contributed by atoms with van der Waals surface area (Å²) in [7, 11) is 0. The third kappa shape index (κ3) is 43.2. The molecule has 4 atom stereocenters. The standard InChI is InChI=1S/C6H12O5.6C4H6O2/c7-1-3(8)6-5(10)4(9)2-11-6;6*1-3(2)4(5)6/h3-10H,1-2H2;6*1H2,2H3,(H,5,6)/t3-,4+,5-,6-;;;;;;/m1....../s1. The number of rotatable bonds is 8. The van der Waals surface area contributed by atoms with Crippen molar-refractivity contribution in [2.45, 2.75) is 66.0 Å². The van der Waals surface area contributed by atoms with E-state index in [-0.39, 0.29) is 40.0 Å². The highest BCUT2D eigenvalue weighted by atomic mass is 16.5. The lowest BCUT2D eigenvalue weighted by Crippen LogP contribution is -2.40. The zero-order chi connectivity index (χ0) is 39.4. The van der Waals surface area contributed by atoms with Gasteiger partial charge >= 0.3 is 35.8 Å². The number of ether oxygens (including phenoxy) is 1. The molecule has 0 amide bonds. The fourth-order valence-electron chi connectivity index (χ4n) is 1.07. The highest BCUT2D eigenvalue weighted by Crippen LogP contribution is 2.16. The van der Waals surface area contributed by atoms with Gasteiger partial charge in [-0.15, -0.1) is 0 Å². The van der Waals surface area contributed by atoms with Crippen LogP contribution in [0.5, 0.6) is 0 Å².